The number of nitrogens with one attached hydrogen (secondary N) is 1. The molecule has 1 fully saturated rings. The Hall–Kier alpha value is -1.04. The summed E-state index contributed by atoms with van der Waals surface area (Å²) in [7, 11) is 0. The van der Waals surface area contributed by atoms with E-state index in [4.69, 9.17) is 0 Å². The molecule has 0 aromatic carbocycles. The van der Waals surface area contributed by atoms with Crippen LogP contribution in [0.5, 0.6) is 0 Å². The Labute approximate surface area is 67.1 Å². The normalized spacial score (nSPS) is 24.9. The van der Waals surface area contributed by atoms with Gasteiger partial charge in [0.05, 0.1) is 19.0 Å². The lowest BCUT2D eigenvalue weighted by atomic mass is 9.72. The average Bonchev–Trinajstić information content (AvgIpc) is 2.31. The maximum atomic E-state index is 12.5. The SMILES string of the molecule is [NH3+]C1(c2cn[nH]n2)CC(F)(F)C1. The number of halogens is 2. The molecule has 0 unspecified atom stereocenters. The van der Waals surface area contributed by atoms with E-state index >= 15 is 0 Å². The highest BCUT2D eigenvalue weighted by molar-refractivity contribution is 5.14. The van der Waals surface area contributed by atoms with Gasteiger partial charge < -0.3 is 5.73 Å². The van der Waals surface area contributed by atoms with Gasteiger partial charge in [-0.05, 0) is 0 Å². The molecule has 1 aliphatic rings. The molecule has 6 heteroatoms. The first-order valence-corrected chi connectivity index (χ1v) is 3.61. The van der Waals surface area contributed by atoms with Gasteiger partial charge in [-0.1, -0.05) is 0 Å². The first-order chi connectivity index (χ1) is 5.52. The lowest BCUT2D eigenvalue weighted by Gasteiger charge is -2.39. The Bertz CT molecular complexity index is 274. The molecule has 1 heterocycles. The van der Waals surface area contributed by atoms with Gasteiger partial charge in [-0.3, -0.25) is 0 Å². The van der Waals surface area contributed by atoms with E-state index in [-0.39, 0.29) is 12.8 Å². The van der Waals surface area contributed by atoms with Crippen LogP contribution in [-0.2, 0) is 5.54 Å². The predicted octanol–water partition coefficient (Wildman–Crippen LogP) is -0.329. The molecule has 1 aliphatic carbocycles. The summed E-state index contributed by atoms with van der Waals surface area (Å²) in [5.74, 6) is -2.57. The molecule has 1 saturated carbocycles. The second kappa shape index (κ2) is 2.01. The quantitative estimate of drug-likeness (QED) is 0.613. The summed E-state index contributed by atoms with van der Waals surface area (Å²) >= 11 is 0. The van der Waals surface area contributed by atoms with Crippen molar-refractivity contribution in [3.05, 3.63) is 11.9 Å². The maximum Gasteiger partial charge on any atom is 0.260 e. The summed E-state index contributed by atoms with van der Waals surface area (Å²) < 4.78 is 25.1. The van der Waals surface area contributed by atoms with Gasteiger partial charge >= 0.3 is 0 Å². The Morgan fingerprint density at radius 1 is 1.50 bits per heavy atom. The van der Waals surface area contributed by atoms with Crippen LogP contribution in [0.15, 0.2) is 6.20 Å². The van der Waals surface area contributed by atoms with Crippen LogP contribution in [0.2, 0.25) is 0 Å². The molecular weight excluding hydrogens is 166 g/mol. The van der Waals surface area contributed by atoms with Crippen molar-refractivity contribution in [2.24, 2.45) is 0 Å². The van der Waals surface area contributed by atoms with Crippen molar-refractivity contribution in [3.63, 3.8) is 0 Å². The molecule has 0 amide bonds. The highest BCUT2D eigenvalue weighted by Gasteiger charge is 2.60. The standard InChI is InChI=1S/C6H8F2N4/c7-6(8)2-5(9,3-6)4-1-10-12-11-4/h1H,2-3,9H2,(H,10,11,12)/p+1. The number of nitrogens with zero attached hydrogens (tertiary/aromatic N) is 2. The van der Waals surface area contributed by atoms with Crippen LogP contribution >= 0.6 is 0 Å². The maximum absolute atomic E-state index is 12.5. The van der Waals surface area contributed by atoms with E-state index in [2.05, 4.69) is 21.1 Å². The molecule has 4 N–H and O–H groups in total. The number of H-pyrrole nitrogens is 1. The first kappa shape index (κ1) is 7.60. The van der Waals surface area contributed by atoms with Crippen LogP contribution in [0, 0.1) is 0 Å². The number of hydrogen-bond donors (Lipinski definition) is 2. The van der Waals surface area contributed by atoms with Crippen LogP contribution in [0.4, 0.5) is 8.78 Å². The van der Waals surface area contributed by atoms with E-state index in [1.54, 1.807) is 0 Å². The van der Waals surface area contributed by atoms with Crippen molar-refractivity contribution in [1.82, 2.24) is 15.4 Å². The minimum absolute atomic E-state index is 0.230. The highest BCUT2D eigenvalue weighted by Crippen LogP contribution is 2.47. The van der Waals surface area contributed by atoms with Gasteiger partial charge in [0, 0.05) is 0 Å². The molecule has 0 bridgehead atoms. The van der Waals surface area contributed by atoms with Crippen LogP contribution in [0.1, 0.15) is 18.5 Å². The van der Waals surface area contributed by atoms with E-state index in [1.807, 2.05) is 0 Å². The van der Waals surface area contributed by atoms with E-state index < -0.39 is 11.5 Å². The summed E-state index contributed by atoms with van der Waals surface area (Å²) in [5.41, 5.74) is 3.51. The number of quaternary nitrogens is 1. The molecule has 66 valence electrons. The lowest BCUT2D eigenvalue weighted by molar-refractivity contribution is -0.535. The van der Waals surface area contributed by atoms with Gasteiger partial charge in [-0.25, -0.2) is 8.78 Å². The van der Waals surface area contributed by atoms with Gasteiger partial charge in [-0.2, -0.15) is 15.4 Å². The number of rotatable bonds is 1. The largest absolute Gasteiger partial charge is 0.347 e. The number of alkyl halides is 2. The van der Waals surface area contributed by atoms with Crippen molar-refractivity contribution in [3.8, 4) is 0 Å². The summed E-state index contributed by atoms with van der Waals surface area (Å²) in [6, 6.07) is 0. The molecule has 2 rings (SSSR count). The zero-order chi connectivity index (χ0) is 8.82. The van der Waals surface area contributed by atoms with Gasteiger partial charge in [0.1, 0.15) is 5.69 Å². The summed E-state index contributed by atoms with van der Waals surface area (Å²) in [5, 5.41) is 9.69. The fraction of sp³-hybridized carbons (Fsp3) is 0.667. The third kappa shape index (κ3) is 0.989. The zero-order valence-corrected chi connectivity index (χ0v) is 6.35. The van der Waals surface area contributed by atoms with E-state index in [1.165, 1.54) is 6.20 Å². The minimum Gasteiger partial charge on any atom is -0.347 e. The molecule has 0 aliphatic heterocycles. The molecule has 1 aromatic heterocycles. The molecular formula is C6H9F2N4+. The fourth-order valence-corrected chi connectivity index (χ4v) is 1.58. The Balaban J connectivity index is 2.18. The van der Waals surface area contributed by atoms with Crippen molar-refractivity contribution >= 4 is 0 Å². The van der Waals surface area contributed by atoms with Crippen molar-refractivity contribution in [2.75, 3.05) is 0 Å². The molecule has 4 nitrogen and oxygen atoms in total. The van der Waals surface area contributed by atoms with Crippen molar-refractivity contribution in [1.29, 1.82) is 0 Å². The van der Waals surface area contributed by atoms with Crippen LogP contribution in [0.3, 0.4) is 0 Å². The monoisotopic (exact) mass is 175 g/mol. The predicted molar refractivity (Wildman–Crippen MR) is 35.1 cm³/mol. The smallest absolute Gasteiger partial charge is 0.260 e. The fourth-order valence-electron chi connectivity index (χ4n) is 1.58. The highest BCUT2D eigenvalue weighted by atomic mass is 19.3. The topological polar surface area (TPSA) is 69.2 Å². The lowest BCUT2D eigenvalue weighted by Crippen LogP contribution is -2.78. The second-order valence-electron chi connectivity index (χ2n) is 3.35. The second-order valence-corrected chi connectivity index (χ2v) is 3.35. The molecule has 0 saturated heterocycles. The van der Waals surface area contributed by atoms with Gasteiger partial charge in [0.25, 0.3) is 5.92 Å². The van der Waals surface area contributed by atoms with E-state index in [0.29, 0.717) is 5.69 Å². The number of aromatic nitrogens is 3. The molecule has 0 atom stereocenters. The number of hydrogen-bond acceptors (Lipinski definition) is 2. The molecule has 0 radical (unpaired) electrons. The van der Waals surface area contributed by atoms with Gasteiger partial charge in [-0.15, -0.1) is 0 Å². The molecule has 0 spiro atoms. The summed E-state index contributed by atoms with van der Waals surface area (Å²) in [6.07, 6.45) is 0.987. The molecule has 1 aromatic rings. The summed E-state index contributed by atoms with van der Waals surface area (Å²) in [6.45, 7) is 0. The zero-order valence-electron chi connectivity index (χ0n) is 6.35. The Kier molecular flexibility index (Phi) is 1.27. The molecule has 12 heavy (non-hydrogen) atoms. The Morgan fingerprint density at radius 2 is 2.17 bits per heavy atom. The summed E-state index contributed by atoms with van der Waals surface area (Å²) in [4.78, 5) is 0. The first-order valence-electron chi connectivity index (χ1n) is 3.61. The van der Waals surface area contributed by atoms with E-state index in [0.717, 1.165) is 0 Å². The van der Waals surface area contributed by atoms with Crippen LogP contribution in [-0.4, -0.2) is 21.3 Å². The average molecular weight is 175 g/mol. The third-order valence-electron chi connectivity index (χ3n) is 2.15. The van der Waals surface area contributed by atoms with Crippen molar-refractivity contribution in [2.45, 2.75) is 24.3 Å². The van der Waals surface area contributed by atoms with Gasteiger partial charge in [0.15, 0.2) is 5.54 Å². The van der Waals surface area contributed by atoms with E-state index in [9.17, 15) is 8.78 Å². The van der Waals surface area contributed by atoms with Crippen molar-refractivity contribution < 1.29 is 14.5 Å². The Morgan fingerprint density at radius 3 is 2.58 bits per heavy atom. The third-order valence-corrected chi connectivity index (χ3v) is 2.15. The van der Waals surface area contributed by atoms with Crippen LogP contribution in [0.25, 0.3) is 0 Å². The number of aromatic amines is 1. The van der Waals surface area contributed by atoms with Crippen LogP contribution < -0.4 is 5.73 Å². The minimum atomic E-state index is -2.57. The van der Waals surface area contributed by atoms with Gasteiger partial charge in [0.2, 0.25) is 0 Å².